The first kappa shape index (κ1) is 11.7. The van der Waals surface area contributed by atoms with Crippen LogP contribution in [-0.2, 0) is 0 Å². The molecule has 0 saturated heterocycles. The van der Waals surface area contributed by atoms with Gasteiger partial charge in [-0.1, -0.05) is 18.0 Å². The molecule has 2 saturated carbocycles. The van der Waals surface area contributed by atoms with Gasteiger partial charge in [0.15, 0.2) is 0 Å². The second-order valence-corrected chi connectivity index (χ2v) is 6.34. The van der Waals surface area contributed by atoms with Gasteiger partial charge in [-0.2, -0.15) is 0 Å². The molecule has 100 valence electrons. The number of nitrogens with zero attached hydrogens (tertiary/aromatic N) is 2. The lowest BCUT2D eigenvalue weighted by atomic mass is 10.0. The van der Waals surface area contributed by atoms with Gasteiger partial charge in [0.1, 0.15) is 5.82 Å². The van der Waals surface area contributed by atoms with Crippen LogP contribution in [-0.4, -0.2) is 15.6 Å². The van der Waals surface area contributed by atoms with Crippen LogP contribution in [0.25, 0.3) is 11.0 Å². The van der Waals surface area contributed by atoms with E-state index < -0.39 is 0 Å². The second-order valence-electron chi connectivity index (χ2n) is 5.91. The molecule has 2 fully saturated rings. The molecule has 2 unspecified atom stereocenters. The maximum absolute atomic E-state index is 6.27. The van der Waals surface area contributed by atoms with E-state index in [4.69, 9.17) is 22.3 Å². The van der Waals surface area contributed by atoms with Gasteiger partial charge in [-0.3, -0.25) is 0 Å². The molecule has 4 rings (SSSR count). The molecule has 0 spiro atoms. The van der Waals surface area contributed by atoms with E-state index in [9.17, 15) is 0 Å². The standard InChI is InChI=1S/C15H18ClN3/c16-9-4-7-13-14(8-9)19(10-5-6-10)15(18-13)11-2-1-3-12(11)17/h4,7-8,10-12H,1-3,5-6,17H2. The van der Waals surface area contributed by atoms with Crippen LogP contribution in [0.15, 0.2) is 18.2 Å². The van der Waals surface area contributed by atoms with Crippen molar-refractivity contribution >= 4 is 22.6 Å². The highest BCUT2D eigenvalue weighted by molar-refractivity contribution is 6.31. The monoisotopic (exact) mass is 275 g/mol. The second kappa shape index (κ2) is 4.22. The lowest BCUT2D eigenvalue weighted by Gasteiger charge is -2.17. The molecular formula is C15H18ClN3. The number of nitrogens with two attached hydrogens (primary N) is 1. The van der Waals surface area contributed by atoms with Crippen molar-refractivity contribution in [3.63, 3.8) is 0 Å². The Kier molecular flexibility index (Phi) is 2.61. The third kappa shape index (κ3) is 1.87. The van der Waals surface area contributed by atoms with E-state index in [2.05, 4.69) is 4.57 Å². The molecule has 2 aliphatic rings. The molecule has 1 heterocycles. The van der Waals surface area contributed by atoms with Gasteiger partial charge in [-0.15, -0.1) is 0 Å². The van der Waals surface area contributed by atoms with Crippen molar-refractivity contribution in [2.75, 3.05) is 0 Å². The Bertz CT molecular complexity index is 630. The molecule has 4 heteroatoms. The van der Waals surface area contributed by atoms with Crippen LogP contribution in [0.3, 0.4) is 0 Å². The number of imidazole rings is 1. The average Bonchev–Trinajstić information content (AvgIpc) is 3.03. The molecule has 2 aliphatic carbocycles. The van der Waals surface area contributed by atoms with Crippen LogP contribution < -0.4 is 5.73 Å². The van der Waals surface area contributed by atoms with E-state index in [1.54, 1.807) is 0 Å². The van der Waals surface area contributed by atoms with Gasteiger partial charge in [-0.25, -0.2) is 4.98 Å². The molecule has 2 aromatic rings. The maximum atomic E-state index is 6.27. The minimum Gasteiger partial charge on any atom is -0.327 e. The first-order valence-electron chi connectivity index (χ1n) is 7.17. The minimum absolute atomic E-state index is 0.268. The third-order valence-corrected chi connectivity index (χ3v) is 4.73. The number of halogens is 1. The van der Waals surface area contributed by atoms with Gasteiger partial charge in [0.2, 0.25) is 0 Å². The first-order chi connectivity index (χ1) is 9.24. The molecule has 1 aromatic carbocycles. The van der Waals surface area contributed by atoms with Gasteiger partial charge in [-0.05, 0) is 43.9 Å². The minimum atomic E-state index is 0.268. The van der Waals surface area contributed by atoms with Crippen molar-refractivity contribution in [3.8, 4) is 0 Å². The predicted molar refractivity (Wildman–Crippen MR) is 77.6 cm³/mol. The Hall–Kier alpha value is -1.06. The zero-order valence-electron chi connectivity index (χ0n) is 10.8. The Morgan fingerprint density at radius 1 is 1.21 bits per heavy atom. The average molecular weight is 276 g/mol. The summed E-state index contributed by atoms with van der Waals surface area (Å²) >= 11 is 6.15. The quantitative estimate of drug-likeness (QED) is 0.910. The van der Waals surface area contributed by atoms with Crippen LogP contribution in [0.4, 0.5) is 0 Å². The van der Waals surface area contributed by atoms with Crippen LogP contribution in [0.2, 0.25) is 5.02 Å². The van der Waals surface area contributed by atoms with Crippen molar-refractivity contribution in [1.29, 1.82) is 0 Å². The molecule has 0 aliphatic heterocycles. The summed E-state index contributed by atoms with van der Waals surface area (Å²) in [6.45, 7) is 0. The zero-order valence-corrected chi connectivity index (χ0v) is 11.6. The fraction of sp³-hybridized carbons (Fsp3) is 0.533. The fourth-order valence-electron chi connectivity index (χ4n) is 3.37. The largest absolute Gasteiger partial charge is 0.327 e. The zero-order chi connectivity index (χ0) is 13.0. The van der Waals surface area contributed by atoms with Crippen molar-refractivity contribution in [1.82, 2.24) is 9.55 Å². The third-order valence-electron chi connectivity index (χ3n) is 4.49. The number of aromatic nitrogens is 2. The molecule has 0 amide bonds. The number of hydrogen-bond donors (Lipinski definition) is 1. The number of hydrogen-bond acceptors (Lipinski definition) is 2. The van der Waals surface area contributed by atoms with E-state index in [0.717, 1.165) is 17.0 Å². The summed E-state index contributed by atoms with van der Waals surface area (Å²) in [5, 5.41) is 0.788. The number of benzene rings is 1. The van der Waals surface area contributed by atoms with E-state index >= 15 is 0 Å². The number of rotatable bonds is 2. The van der Waals surface area contributed by atoms with Gasteiger partial charge < -0.3 is 10.3 Å². The molecule has 2 N–H and O–H groups in total. The Morgan fingerprint density at radius 3 is 2.74 bits per heavy atom. The highest BCUT2D eigenvalue weighted by Crippen LogP contribution is 2.43. The Labute approximate surface area is 117 Å². The highest BCUT2D eigenvalue weighted by atomic mass is 35.5. The highest BCUT2D eigenvalue weighted by Gasteiger charge is 2.35. The predicted octanol–water partition coefficient (Wildman–Crippen LogP) is 3.62. The van der Waals surface area contributed by atoms with E-state index in [1.807, 2.05) is 18.2 Å². The summed E-state index contributed by atoms with van der Waals surface area (Å²) in [5.41, 5.74) is 8.52. The van der Waals surface area contributed by atoms with E-state index in [0.29, 0.717) is 12.0 Å². The number of fused-ring (bicyclic) bond motifs is 1. The van der Waals surface area contributed by atoms with Crippen molar-refractivity contribution in [3.05, 3.63) is 29.0 Å². The summed E-state index contributed by atoms with van der Waals surface area (Å²) in [5.74, 6) is 1.62. The molecule has 3 nitrogen and oxygen atoms in total. The van der Waals surface area contributed by atoms with Crippen LogP contribution in [0.1, 0.15) is 49.9 Å². The Balaban J connectivity index is 1.91. The maximum Gasteiger partial charge on any atom is 0.114 e. The SMILES string of the molecule is NC1CCCC1c1nc2ccc(Cl)cc2n1C1CC1. The fourth-order valence-corrected chi connectivity index (χ4v) is 3.54. The molecular weight excluding hydrogens is 258 g/mol. The van der Waals surface area contributed by atoms with Gasteiger partial charge in [0.05, 0.1) is 11.0 Å². The smallest absolute Gasteiger partial charge is 0.114 e. The normalized spacial score (nSPS) is 27.3. The van der Waals surface area contributed by atoms with E-state index in [1.165, 1.54) is 37.0 Å². The summed E-state index contributed by atoms with van der Waals surface area (Å²) < 4.78 is 2.41. The topological polar surface area (TPSA) is 43.8 Å². The Morgan fingerprint density at radius 2 is 2.05 bits per heavy atom. The molecule has 2 atom stereocenters. The van der Waals surface area contributed by atoms with Crippen molar-refractivity contribution in [2.45, 2.75) is 50.1 Å². The lowest BCUT2D eigenvalue weighted by Crippen LogP contribution is -2.25. The van der Waals surface area contributed by atoms with Gasteiger partial charge in [0.25, 0.3) is 0 Å². The van der Waals surface area contributed by atoms with Gasteiger partial charge >= 0.3 is 0 Å². The molecule has 1 aromatic heterocycles. The molecule has 0 radical (unpaired) electrons. The van der Waals surface area contributed by atoms with Crippen LogP contribution in [0, 0.1) is 0 Å². The summed E-state index contributed by atoms with van der Waals surface area (Å²) in [6, 6.07) is 6.88. The molecule has 0 bridgehead atoms. The van der Waals surface area contributed by atoms with Crippen molar-refractivity contribution < 1.29 is 0 Å². The van der Waals surface area contributed by atoms with Crippen LogP contribution >= 0.6 is 11.6 Å². The van der Waals surface area contributed by atoms with Crippen molar-refractivity contribution in [2.24, 2.45) is 5.73 Å². The first-order valence-corrected chi connectivity index (χ1v) is 7.55. The van der Waals surface area contributed by atoms with Crippen LogP contribution in [0.5, 0.6) is 0 Å². The molecule has 19 heavy (non-hydrogen) atoms. The summed E-state index contributed by atoms with van der Waals surface area (Å²) in [4.78, 5) is 4.87. The van der Waals surface area contributed by atoms with Gasteiger partial charge in [0, 0.05) is 23.0 Å². The summed E-state index contributed by atoms with van der Waals surface area (Å²) in [6.07, 6.45) is 6.03. The lowest BCUT2D eigenvalue weighted by molar-refractivity contribution is 0.546. The van der Waals surface area contributed by atoms with E-state index in [-0.39, 0.29) is 6.04 Å². The summed E-state index contributed by atoms with van der Waals surface area (Å²) in [7, 11) is 0.